The van der Waals surface area contributed by atoms with Crippen LogP contribution >= 0.6 is 11.3 Å². The summed E-state index contributed by atoms with van der Waals surface area (Å²) in [5, 5.41) is 17.2. The Bertz CT molecular complexity index is 465. The summed E-state index contributed by atoms with van der Waals surface area (Å²) in [5.41, 5.74) is 0. The number of aliphatic hydroxyl groups excluding tert-OH is 1. The van der Waals surface area contributed by atoms with E-state index in [1.165, 1.54) is 11.3 Å². The highest BCUT2D eigenvalue weighted by Gasteiger charge is 2.24. The van der Waals surface area contributed by atoms with E-state index >= 15 is 0 Å². The number of amides is 1. The smallest absolute Gasteiger partial charge is 0.242 e. The molecule has 0 spiro atoms. The molecule has 2 unspecified atom stereocenters. The van der Waals surface area contributed by atoms with E-state index in [0.29, 0.717) is 0 Å². The Morgan fingerprint density at radius 2 is 2.20 bits per heavy atom. The van der Waals surface area contributed by atoms with Gasteiger partial charge >= 0.3 is 0 Å². The van der Waals surface area contributed by atoms with E-state index in [0.717, 1.165) is 55.2 Å². The lowest BCUT2D eigenvalue weighted by atomic mass is 10.2. The molecule has 0 aromatic carbocycles. The Morgan fingerprint density at radius 1 is 1.40 bits per heavy atom. The molecule has 0 saturated carbocycles. The van der Waals surface area contributed by atoms with E-state index in [1.54, 1.807) is 0 Å². The highest BCUT2D eigenvalue weighted by atomic mass is 32.1. The molecule has 1 aromatic heterocycles. The minimum Gasteiger partial charge on any atom is -0.373 e. The molecule has 20 heavy (non-hydrogen) atoms. The van der Waals surface area contributed by atoms with Gasteiger partial charge in [-0.3, -0.25) is 9.69 Å². The number of rotatable bonds is 4. The molecule has 2 fully saturated rings. The van der Waals surface area contributed by atoms with Gasteiger partial charge in [-0.2, -0.15) is 0 Å². The Morgan fingerprint density at radius 3 is 2.90 bits per heavy atom. The van der Waals surface area contributed by atoms with Crippen LogP contribution in [0.25, 0.3) is 0 Å². The maximum absolute atomic E-state index is 12.0. The van der Waals surface area contributed by atoms with Crippen molar-refractivity contribution < 1.29 is 9.90 Å². The minimum absolute atomic E-state index is 0.0339. The first-order valence-corrected chi connectivity index (χ1v) is 8.12. The van der Waals surface area contributed by atoms with Crippen LogP contribution in [0.1, 0.15) is 36.8 Å². The molecule has 110 valence electrons. The number of carbonyl (C=O) groups excluding carboxylic acids is 1. The highest BCUT2D eigenvalue weighted by molar-refractivity contribution is 7.16. The lowest BCUT2D eigenvalue weighted by molar-refractivity contribution is -0.117. The topological polar surface area (TPSA) is 64.6 Å². The van der Waals surface area contributed by atoms with Gasteiger partial charge in [-0.1, -0.05) is 0 Å². The molecule has 1 aromatic rings. The fourth-order valence-electron chi connectivity index (χ4n) is 2.84. The molecular formula is C14H21N3O2S. The number of hydrogen-bond donors (Lipinski definition) is 3. The summed E-state index contributed by atoms with van der Waals surface area (Å²) in [4.78, 5) is 15.0. The molecular weight excluding hydrogens is 274 g/mol. The molecule has 3 N–H and O–H groups in total. The van der Waals surface area contributed by atoms with Crippen LogP contribution in [0.2, 0.25) is 0 Å². The summed E-state index contributed by atoms with van der Waals surface area (Å²) in [6, 6.07) is 3.72. The van der Waals surface area contributed by atoms with E-state index < -0.39 is 6.23 Å². The number of aliphatic hydroxyl groups is 1. The predicted octanol–water partition coefficient (Wildman–Crippen LogP) is 1.53. The zero-order chi connectivity index (χ0) is 13.9. The molecule has 2 aliphatic rings. The normalized spacial score (nSPS) is 24.9. The molecule has 6 heteroatoms. The molecule has 2 atom stereocenters. The van der Waals surface area contributed by atoms with Crippen molar-refractivity contribution in [2.24, 2.45) is 0 Å². The van der Waals surface area contributed by atoms with Crippen molar-refractivity contribution in [3.05, 3.63) is 17.0 Å². The van der Waals surface area contributed by atoms with Crippen LogP contribution in [0.15, 0.2) is 12.1 Å². The fraction of sp³-hybridized carbons (Fsp3) is 0.643. The number of anilines is 1. The van der Waals surface area contributed by atoms with Crippen LogP contribution in [-0.2, 0) is 4.79 Å². The summed E-state index contributed by atoms with van der Waals surface area (Å²) in [6.45, 7) is 2.82. The summed E-state index contributed by atoms with van der Waals surface area (Å²) in [7, 11) is 0. The van der Waals surface area contributed by atoms with Crippen LogP contribution in [0.5, 0.6) is 0 Å². The average molecular weight is 295 g/mol. The minimum atomic E-state index is -0.530. The fourth-order valence-corrected chi connectivity index (χ4v) is 3.77. The second-order valence-electron chi connectivity index (χ2n) is 5.46. The van der Waals surface area contributed by atoms with Gasteiger partial charge in [0.15, 0.2) is 0 Å². The number of hydrogen-bond acceptors (Lipinski definition) is 5. The molecule has 3 rings (SSSR count). The summed E-state index contributed by atoms with van der Waals surface area (Å²) in [6.07, 6.45) is 3.73. The van der Waals surface area contributed by atoms with Crippen molar-refractivity contribution in [2.75, 3.05) is 25.0 Å². The number of nitrogens with one attached hydrogen (secondary N) is 2. The van der Waals surface area contributed by atoms with Gasteiger partial charge in [0.25, 0.3) is 0 Å². The Kier molecular flexibility index (Phi) is 4.35. The monoisotopic (exact) mass is 295 g/mol. The van der Waals surface area contributed by atoms with Crippen molar-refractivity contribution in [3.8, 4) is 0 Å². The van der Waals surface area contributed by atoms with Crippen LogP contribution < -0.4 is 10.6 Å². The van der Waals surface area contributed by atoms with Gasteiger partial charge in [0.1, 0.15) is 6.23 Å². The second kappa shape index (κ2) is 6.22. The Labute approximate surface area is 123 Å². The first-order chi connectivity index (χ1) is 9.74. The summed E-state index contributed by atoms with van der Waals surface area (Å²) < 4.78 is 0. The molecule has 2 saturated heterocycles. The Hall–Kier alpha value is -0.950. The van der Waals surface area contributed by atoms with Crippen LogP contribution in [0.3, 0.4) is 0 Å². The average Bonchev–Trinajstić information content (AvgIpc) is 3.19. The maximum Gasteiger partial charge on any atom is 0.242 e. The van der Waals surface area contributed by atoms with Gasteiger partial charge in [0.05, 0.1) is 15.9 Å². The first-order valence-electron chi connectivity index (χ1n) is 7.30. The largest absolute Gasteiger partial charge is 0.373 e. The van der Waals surface area contributed by atoms with E-state index in [4.69, 9.17) is 0 Å². The molecule has 0 aliphatic carbocycles. The zero-order valence-electron chi connectivity index (χ0n) is 11.5. The maximum atomic E-state index is 12.0. The third kappa shape index (κ3) is 3.03. The van der Waals surface area contributed by atoms with E-state index in [2.05, 4.69) is 15.5 Å². The Balaban J connectivity index is 1.59. The lowest BCUT2D eigenvalue weighted by Gasteiger charge is -2.20. The highest BCUT2D eigenvalue weighted by Crippen LogP contribution is 2.31. The van der Waals surface area contributed by atoms with Gasteiger partial charge in [0, 0.05) is 13.1 Å². The molecule has 0 radical (unpaired) electrons. The van der Waals surface area contributed by atoms with Crippen molar-refractivity contribution >= 4 is 22.2 Å². The molecule has 0 bridgehead atoms. The van der Waals surface area contributed by atoms with E-state index in [-0.39, 0.29) is 11.9 Å². The predicted molar refractivity (Wildman–Crippen MR) is 79.7 cm³/mol. The standard InChI is InChI=1S/C14H21N3O2S/c18-13(10-4-3-7-15-10)16-12-6-5-11(20-12)14(19)17-8-1-2-9-17/h5-6,10,14-15,19H,1-4,7-9H2,(H,16,18). The van der Waals surface area contributed by atoms with Gasteiger partial charge < -0.3 is 15.7 Å². The molecule has 1 amide bonds. The number of carbonyl (C=O) groups is 1. The summed E-state index contributed by atoms with van der Waals surface area (Å²) >= 11 is 1.46. The molecule has 3 heterocycles. The third-order valence-corrected chi connectivity index (χ3v) is 5.03. The van der Waals surface area contributed by atoms with Gasteiger partial charge in [-0.15, -0.1) is 11.3 Å². The van der Waals surface area contributed by atoms with Crippen LogP contribution in [0.4, 0.5) is 5.00 Å². The quantitative estimate of drug-likeness (QED) is 0.788. The van der Waals surface area contributed by atoms with Gasteiger partial charge in [0.2, 0.25) is 5.91 Å². The third-order valence-electron chi connectivity index (χ3n) is 3.99. The van der Waals surface area contributed by atoms with Gasteiger partial charge in [-0.25, -0.2) is 0 Å². The zero-order valence-corrected chi connectivity index (χ0v) is 12.3. The van der Waals surface area contributed by atoms with Crippen molar-refractivity contribution in [1.82, 2.24) is 10.2 Å². The van der Waals surface area contributed by atoms with E-state index in [9.17, 15) is 9.90 Å². The molecule has 2 aliphatic heterocycles. The van der Waals surface area contributed by atoms with E-state index in [1.807, 2.05) is 12.1 Å². The second-order valence-corrected chi connectivity index (χ2v) is 6.57. The number of likely N-dealkylation sites (tertiary alicyclic amines) is 1. The van der Waals surface area contributed by atoms with Gasteiger partial charge in [-0.05, 0) is 44.4 Å². The lowest BCUT2D eigenvalue weighted by Crippen LogP contribution is -2.35. The van der Waals surface area contributed by atoms with Crippen molar-refractivity contribution in [1.29, 1.82) is 0 Å². The number of thiophene rings is 1. The number of nitrogens with zero attached hydrogens (tertiary/aromatic N) is 1. The van der Waals surface area contributed by atoms with Crippen LogP contribution in [0, 0.1) is 0 Å². The summed E-state index contributed by atoms with van der Waals surface area (Å²) in [5.74, 6) is 0.0339. The van der Waals surface area contributed by atoms with Crippen molar-refractivity contribution in [3.63, 3.8) is 0 Å². The SMILES string of the molecule is O=C(Nc1ccc(C(O)N2CCCC2)s1)C1CCCN1. The van der Waals surface area contributed by atoms with Crippen molar-refractivity contribution in [2.45, 2.75) is 38.0 Å². The first kappa shape index (κ1) is 14.0. The molecule has 5 nitrogen and oxygen atoms in total. The van der Waals surface area contributed by atoms with Crippen LogP contribution in [-0.4, -0.2) is 41.6 Å².